The maximum absolute atomic E-state index is 12.6. The van der Waals surface area contributed by atoms with E-state index < -0.39 is 37.7 Å². The van der Waals surface area contributed by atoms with Crippen LogP contribution >= 0.6 is 11.8 Å². The van der Waals surface area contributed by atoms with E-state index in [0.29, 0.717) is 18.4 Å². The van der Waals surface area contributed by atoms with Crippen molar-refractivity contribution >= 4 is 38.9 Å². The molecule has 27 heavy (non-hydrogen) atoms. The number of rotatable bonds is 7. The monoisotopic (exact) mass is 415 g/mol. The molecule has 0 saturated carbocycles. The average molecular weight is 416 g/mol. The Morgan fingerprint density at radius 3 is 2.48 bits per heavy atom. The van der Waals surface area contributed by atoms with Gasteiger partial charge < -0.3 is 10.4 Å². The number of carbonyl (C=O) groups is 3. The molecule has 2 atom stereocenters. The third-order valence-electron chi connectivity index (χ3n) is 4.68. The van der Waals surface area contributed by atoms with Crippen molar-refractivity contribution < 1.29 is 31.8 Å². The predicted molar refractivity (Wildman–Crippen MR) is 102 cm³/mol. The van der Waals surface area contributed by atoms with E-state index in [0.717, 1.165) is 11.8 Å². The molecule has 2 N–H and O–H groups in total. The summed E-state index contributed by atoms with van der Waals surface area (Å²) in [6.45, 7) is 1.44. The van der Waals surface area contributed by atoms with E-state index in [1.165, 1.54) is 0 Å². The first-order chi connectivity index (χ1) is 12.7. The second-order valence-corrected chi connectivity index (χ2v) is 9.72. The zero-order valence-electron chi connectivity index (χ0n) is 15.0. The summed E-state index contributed by atoms with van der Waals surface area (Å²) in [5.74, 6) is -0.854. The molecule has 1 fully saturated rings. The Hall–Kier alpha value is -1.91. The standard InChI is InChI=1S/C17H22N2O6S2/c1-13-6-5-9-19(13,17(22)23)27(24,25)11-10-26-15(20)12-18-16(21)14-7-3-2-4-8-14/h2-4,7-8,13H,5-6,9-12H2,1H3,(H-,18,21,22,23)/p+1/t13-,19?/m1/s1. The van der Waals surface area contributed by atoms with Crippen molar-refractivity contribution in [3.63, 3.8) is 0 Å². The number of sulfonamides is 1. The van der Waals surface area contributed by atoms with E-state index in [4.69, 9.17) is 0 Å². The highest BCUT2D eigenvalue weighted by atomic mass is 32.2. The van der Waals surface area contributed by atoms with Gasteiger partial charge in [-0.15, -0.1) is 3.89 Å². The minimum atomic E-state index is -3.96. The van der Waals surface area contributed by atoms with Gasteiger partial charge in [0.05, 0.1) is 6.54 Å². The molecule has 0 bridgehead atoms. The molecule has 1 heterocycles. The van der Waals surface area contributed by atoms with E-state index in [2.05, 4.69) is 5.32 Å². The van der Waals surface area contributed by atoms with Gasteiger partial charge in [0.2, 0.25) is 5.12 Å². The van der Waals surface area contributed by atoms with E-state index in [9.17, 15) is 27.9 Å². The second kappa shape index (κ2) is 8.85. The molecule has 1 unspecified atom stereocenters. The lowest BCUT2D eigenvalue weighted by molar-refractivity contribution is -0.741. The van der Waals surface area contributed by atoms with Gasteiger partial charge in [0.25, 0.3) is 5.91 Å². The lowest BCUT2D eigenvalue weighted by Gasteiger charge is -2.30. The first-order valence-corrected chi connectivity index (χ1v) is 11.1. The SMILES string of the molecule is C[C@@H]1CCC[N+]1(C(=O)O)S(=O)(=O)CCSC(=O)CNC(=O)c1ccccc1. The fourth-order valence-corrected chi connectivity index (χ4v) is 6.39. The van der Waals surface area contributed by atoms with Gasteiger partial charge in [-0.1, -0.05) is 30.0 Å². The number of nitrogens with zero attached hydrogens (tertiary/aromatic N) is 1. The van der Waals surface area contributed by atoms with Gasteiger partial charge in [0, 0.05) is 24.2 Å². The smallest absolute Gasteiger partial charge is 0.435 e. The zero-order chi connectivity index (χ0) is 20.1. The van der Waals surface area contributed by atoms with Crippen molar-refractivity contribution in [2.45, 2.75) is 25.8 Å². The van der Waals surface area contributed by atoms with Crippen molar-refractivity contribution in [3.05, 3.63) is 35.9 Å². The fourth-order valence-electron chi connectivity index (χ4n) is 3.19. The summed E-state index contributed by atoms with van der Waals surface area (Å²) in [5.41, 5.74) is 0.425. The number of carbonyl (C=O) groups excluding carboxylic acids is 2. The number of amides is 2. The Bertz CT molecular complexity index is 812. The van der Waals surface area contributed by atoms with Crippen LogP contribution in [-0.4, -0.2) is 65.2 Å². The number of benzene rings is 1. The predicted octanol–water partition coefficient (Wildman–Crippen LogP) is 1.68. The largest absolute Gasteiger partial charge is 0.529 e. The van der Waals surface area contributed by atoms with Gasteiger partial charge >= 0.3 is 16.1 Å². The van der Waals surface area contributed by atoms with Crippen LogP contribution in [-0.2, 0) is 14.8 Å². The zero-order valence-corrected chi connectivity index (χ0v) is 16.6. The lowest BCUT2D eigenvalue weighted by Crippen LogP contribution is -2.59. The molecular formula is C17H23N2O6S2+. The summed E-state index contributed by atoms with van der Waals surface area (Å²) < 4.78 is 24.3. The van der Waals surface area contributed by atoms with Gasteiger partial charge in [-0.2, -0.15) is 13.2 Å². The number of thioether (sulfide) groups is 1. The summed E-state index contributed by atoms with van der Waals surface area (Å²) >= 11 is 0.775. The molecule has 1 aromatic rings. The molecule has 8 nitrogen and oxygen atoms in total. The Morgan fingerprint density at radius 1 is 1.26 bits per heavy atom. The molecular weight excluding hydrogens is 392 g/mol. The molecule has 0 aromatic heterocycles. The second-order valence-electron chi connectivity index (χ2n) is 6.35. The molecule has 1 aromatic carbocycles. The summed E-state index contributed by atoms with van der Waals surface area (Å²) in [5, 5.41) is 11.6. The van der Waals surface area contributed by atoms with Crippen molar-refractivity contribution in [2.75, 3.05) is 24.6 Å². The minimum absolute atomic E-state index is 0.0462. The lowest BCUT2D eigenvalue weighted by atomic mass is 10.2. The third-order valence-corrected chi connectivity index (χ3v) is 8.22. The van der Waals surface area contributed by atoms with Crippen LogP contribution in [0.15, 0.2) is 30.3 Å². The normalized spacial score (nSPS) is 22.3. The first kappa shape index (κ1) is 21.4. The Balaban J connectivity index is 1.85. The highest BCUT2D eigenvalue weighted by molar-refractivity contribution is 8.14. The maximum atomic E-state index is 12.6. The van der Waals surface area contributed by atoms with E-state index in [1.807, 2.05) is 0 Å². The van der Waals surface area contributed by atoms with E-state index in [1.54, 1.807) is 37.3 Å². The van der Waals surface area contributed by atoms with Crippen LogP contribution in [0.3, 0.4) is 0 Å². The molecule has 0 aliphatic carbocycles. The Kier molecular flexibility index (Phi) is 7.01. The number of quaternary nitrogens is 1. The highest BCUT2D eigenvalue weighted by Gasteiger charge is 2.56. The van der Waals surface area contributed by atoms with Crippen molar-refractivity contribution in [2.24, 2.45) is 0 Å². The molecule has 0 spiro atoms. The molecule has 2 amide bonds. The Labute approximate surface area is 162 Å². The fraction of sp³-hybridized carbons (Fsp3) is 0.471. The average Bonchev–Trinajstić information content (AvgIpc) is 3.03. The summed E-state index contributed by atoms with van der Waals surface area (Å²) in [7, 11) is -3.96. The summed E-state index contributed by atoms with van der Waals surface area (Å²) in [4.78, 5) is 35.4. The van der Waals surface area contributed by atoms with E-state index in [-0.39, 0.29) is 24.0 Å². The van der Waals surface area contributed by atoms with Gasteiger partial charge in [-0.05, 0) is 19.1 Å². The van der Waals surface area contributed by atoms with Gasteiger partial charge in [0.15, 0.2) is 0 Å². The topological polar surface area (TPSA) is 118 Å². The molecule has 1 aliphatic heterocycles. The highest BCUT2D eigenvalue weighted by Crippen LogP contribution is 2.32. The van der Waals surface area contributed by atoms with Crippen molar-refractivity contribution in [3.8, 4) is 0 Å². The van der Waals surface area contributed by atoms with Crippen LogP contribution in [0.2, 0.25) is 0 Å². The quantitative estimate of drug-likeness (QED) is 0.651. The van der Waals surface area contributed by atoms with Crippen LogP contribution < -0.4 is 5.32 Å². The molecule has 1 saturated heterocycles. The molecule has 10 heteroatoms. The van der Waals surface area contributed by atoms with Crippen LogP contribution in [0.1, 0.15) is 30.1 Å². The van der Waals surface area contributed by atoms with Crippen molar-refractivity contribution in [1.82, 2.24) is 5.32 Å². The first-order valence-electron chi connectivity index (χ1n) is 8.53. The number of nitrogens with one attached hydrogen (secondary N) is 1. The van der Waals surface area contributed by atoms with Crippen LogP contribution in [0, 0.1) is 0 Å². The van der Waals surface area contributed by atoms with E-state index >= 15 is 0 Å². The number of likely N-dealkylation sites (tertiary alicyclic amines) is 1. The van der Waals surface area contributed by atoms with Gasteiger partial charge in [-0.25, -0.2) is 0 Å². The molecule has 2 rings (SSSR count). The molecule has 1 aliphatic rings. The minimum Gasteiger partial charge on any atom is -0.435 e. The van der Waals surface area contributed by atoms with Crippen LogP contribution in [0.4, 0.5) is 4.79 Å². The number of hydrogen-bond donors (Lipinski definition) is 2. The summed E-state index contributed by atoms with van der Waals surface area (Å²) in [6.07, 6.45) is -0.306. The van der Waals surface area contributed by atoms with Crippen molar-refractivity contribution in [1.29, 1.82) is 0 Å². The molecule has 148 valence electrons. The van der Waals surface area contributed by atoms with Gasteiger partial charge in [-0.3, -0.25) is 9.59 Å². The molecule has 0 radical (unpaired) electrons. The third kappa shape index (κ3) is 4.69. The maximum Gasteiger partial charge on any atom is 0.529 e. The Morgan fingerprint density at radius 2 is 1.93 bits per heavy atom. The van der Waals surface area contributed by atoms with Crippen LogP contribution in [0.5, 0.6) is 0 Å². The number of hydrogen-bond acceptors (Lipinski definition) is 6. The number of carboxylic acid groups (broad SMARTS) is 1. The van der Waals surface area contributed by atoms with Gasteiger partial charge in [0.1, 0.15) is 18.3 Å². The van der Waals surface area contributed by atoms with Crippen LogP contribution in [0.25, 0.3) is 0 Å². The summed E-state index contributed by atoms with van der Waals surface area (Å²) in [6, 6.07) is 7.90.